The van der Waals surface area contributed by atoms with Crippen LogP contribution in [0, 0.1) is 17.2 Å². The number of hydrogen-bond acceptors (Lipinski definition) is 3. The molecule has 5 nitrogen and oxygen atoms in total. The Hall–Kier alpha value is -2.27. The van der Waals surface area contributed by atoms with Crippen molar-refractivity contribution in [1.82, 2.24) is 5.32 Å². The summed E-state index contributed by atoms with van der Waals surface area (Å²) in [6, 6.07) is 3.17. The van der Waals surface area contributed by atoms with E-state index in [1.165, 1.54) is 12.1 Å². The van der Waals surface area contributed by atoms with Crippen LogP contribution in [0.25, 0.3) is 0 Å². The first-order valence-corrected chi connectivity index (χ1v) is 6.97. The molecular weight excluding hydrogens is 311 g/mol. The Balaban J connectivity index is 2.85. The third-order valence-electron chi connectivity index (χ3n) is 3.01. The van der Waals surface area contributed by atoms with Gasteiger partial charge >= 0.3 is 12.2 Å². The van der Waals surface area contributed by atoms with E-state index >= 15 is 0 Å². The summed E-state index contributed by atoms with van der Waals surface area (Å²) in [7, 11) is 0. The number of carbonyl (C=O) groups excluding carboxylic acids is 1. The lowest BCUT2D eigenvalue weighted by molar-refractivity contribution is -0.137. The van der Waals surface area contributed by atoms with Gasteiger partial charge in [-0.05, 0) is 30.5 Å². The number of benzene rings is 1. The molecule has 0 aliphatic rings. The van der Waals surface area contributed by atoms with Crippen LogP contribution in [0.4, 0.5) is 23.7 Å². The van der Waals surface area contributed by atoms with Gasteiger partial charge in [-0.3, -0.25) is 0 Å². The summed E-state index contributed by atoms with van der Waals surface area (Å²) in [5, 5.41) is 22.7. The van der Waals surface area contributed by atoms with E-state index in [0.29, 0.717) is 12.5 Å². The molecule has 1 atom stereocenters. The van der Waals surface area contributed by atoms with Gasteiger partial charge in [0, 0.05) is 5.69 Å². The fourth-order valence-corrected chi connectivity index (χ4v) is 2.05. The van der Waals surface area contributed by atoms with Crippen molar-refractivity contribution in [2.75, 3.05) is 11.9 Å². The van der Waals surface area contributed by atoms with E-state index in [1.54, 1.807) is 0 Å². The number of nitrogens with zero attached hydrogens (tertiary/aromatic N) is 1. The van der Waals surface area contributed by atoms with E-state index < -0.39 is 29.4 Å². The second-order valence-corrected chi connectivity index (χ2v) is 5.48. The van der Waals surface area contributed by atoms with Crippen molar-refractivity contribution in [3.63, 3.8) is 0 Å². The molecule has 1 rings (SSSR count). The van der Waals surface area contributed by atoms with Crippen molar-refractivity contribution in [2.24, 2.45) is 5.92 Å². The van der Waals surface area contributed by atoms with Gasteiger partial charge in [-0.15, -0.1) is 0 Å². The summed E-state index contributed by atoms with van der Waals surface area (Å²) in [5.41, 5.74) is -1.72. The van der Waals surface area contributed by atoms with Crippen LogP contribution in [0.15, 0.2) is 18.2 Å². The highest BCUT2D eigenvalue weighted by Gasteiger charge is 2.34. The Labute approximate surface area is 132 Å². The number of carbonyl (C=O) groups is 1. The first-order valence-electron chi connectivity index (χ1n) is 6.97. The van der Waals surface area contributed by atoms with Gasteiger partial charge in [0.05, 0.1) is 29.8 Å². The van der Waals surface area contributed by atoms with Crippen LogP contribution in [0.5, 0.6) is 0 Å². The number of amides is 2. The van der Waals surface area contributed by atoms with Crippen LogP contribution in [0.3, 0.4) is 0 Å². The van der Waals surface area contributed by atoms with E-state index in [2.05, 4.69) is 10.6 Å². The van der Waals surface area contributed by atoms with Gasteiger partial charge < -0.3 is 15.7 Å². The minimum Gasteiger partial charge on any atom is -0.394 e. The molecular formula is C15H18F3N3O2. The predicted molar refractivity (Wildman–Crippen MR) is 78.6 cm³/mol. The molecule has 126 valence electrons. The molecule has 1 unspecified atom stereocenters. The minimum atomic E-state index is -4.69. The highest BCUT2D eigenvalue weighted by atomic mass is 19.4. The quantitative estimate of drug-likeness (QED) is 0.776. The topological polar surface area (TPSA) is 85.2 Å². The molecule has 0 saturated carbocycles. The Bertz CT molecular complexity index is 595. The van der Waals surface area contributed by atoms with E-state index in [9.17, 15) is 23.1 Å². The van der Waals surface area contributed by atoms with E-state index in [-0.39, 0.29) is 18.2 Å². The lowest BCUT2D eigenvalue weighted by atomic mass is 10.0. The Morgan fingerprint density at radius 3 is 2.52 bits per heavy atom. The molecule has 0 aliphatic carbocycles. The molecule has 8 heteroatoms. The van der Waals surface area contributed by atoms with Gasteiger partial charge in [0.1, 0.15) is 0 Å². The van der Waals surface area contributed by atoms with Crippen molar-refractivity contribution in [2.45, 2.75) is 32.5 Å². The molecule has 1 aromatic rings. The van der Waals surface area contributed by atoms with Crippen LogP contribution < -0.4 is 10.6 Å². The van der Waals surface area contributed by atoms with Crippen LogP contribution >= 0.6 is 0 Å². The molecule has 23 heavy (non-hydrogen) atoms. The number of aliphatic hydroxyl groups excluding tert-OH is 1. The summed E-state index contributed by atoms with van der Waals surface area (Å²) >= 11 is 0. The zero-order valence-corrected chi connectivity index (χ0v) is 12.7. The molecule has 0 fully saturated rings. The Kier molecular flexibility index (Phi) is 6.39. The summed E-state index contributed by atoms with van der Waals surface area (Å²) in [6.45, 7) is 3.56. The molecule has 0 heterocycles. The van der Waals surface area contributed by atoms with Crippen molar-refractivity contribution in [3.8, 4) is 6.07 Å². The number of urea groups is 1. The zero-order valence-electron chi connectivity index (χ0n) is 12.7. The first kappa shape index (κ1) is 18.8. The average molecular weight is 329 g/mol. The second kappa shape index (κ2) is 7.83. The lowest BCUT2D eigenvalue weighted by Gasteiger charge is -2.19. The van der Waals surface area contributed by atoms with Gasteiger partial charge in [0.15, 0.2) is 0 Å². The maximum Gasteiger partial charge on any atom is 0.417 e. The highest BCUT2D eigenvalue weighted by molar-refractivity contribution is 5.89. The maximum atomic E-state index is 12.8. The van der Waals surface area contributed by atoms with Gasteiger partial charge in [-0.1, -0.05) is 13.8 Å². The predicted octanol–water partition coefficient (Wildman–Crippen LogP) is 3.11. The Morgan fingerprint density at radius 2 is 2.04 bits per heavy atom. The third kappa shape index (κ3) is 5.79. The van der Waals surface area contributed by atoms with Crippen molar-refractivity contribution >= 4 is 11.7 Å². The third-order valence-corrected chi connectivity index (χ3v) is 3.01. The number of nitriles is 1. The van der Waals surface area contributed by atoms with E-state index in [4.69, 9.17) is 5.26 Å². The molecule has 0 bridgehead atoms. The van der Waals surface area contributed by atoms with Crippen molar-refractivity contribution < 1.29 is 23.1 Å². The number of hydrogen-bond donors (Lipinski definition) is 3. The Morgan fingerprint density at radius 1 is 1.39 bits per heavy atom. The SMILES string of the molecule is CC(C)CC(CO)NC(=O)Nc1ccc(C#N)c(C(F)(F)F)c1. The summed E-state index contributed by atoms with van der Waals surface area (Å²) in [5.74, 6) is 0.235. The number of anilines is 1. The summed E-state index contributed by atoms with van der Waals surface area (Å²) in [6.07, 6.45) is -4.16. The van der Waals surface area contributed by atoms with Crippen LogP contribution in [-0.2, 0) is 6.18 Å². The number of alkyl halides is 3. The smallest absolute Gasteiger partial charge is 0.394 e. The van der Waals surface area contributed by atoms with Crippen molar-refractivity contribution in [3.05, 3.63) is 29.3 Å². The normalized spacial score (nSPS) is 12.6. The molecule has 0 spiro atoms. The number of aliphatic hydroxyl groups is 1. The van der Waals surface area contributed by atoms with Gasteiger partial charge in [-0.25, -0.2) is 4.79 Å². The fraction of sp³-hybridized carbons (Fsp3) is 0.467. The largest absolute Gasteiger partial charge is 0.417 e. The van der Waals surface area contributed by atoms with Gasteiger partial charge in [-0.2, -0.15) is 18.4 Å². The van der Waals surface area contributed by atoms with Gasteiger partial charge in [0.2, 0.25) is 0 Å². The number of halogens is 3. The monoisotopic (exact) mass is 329 g/mol. The molecule has 0 aromatic heterocycles. The van der Waals surface area contributed by atoms with Crippen LogP contribution in [0.1, 0.15) is 31.4 Å². The molecule has 0 radical (unpaired) electrons. The van der Waals surface area contributed by atoms with Gasteiger partial charge in [0.25, 0.3) is 0 Å². The second-order valence-electron chi connectivity index (χ2n) is 5.48. The molecule has 1 aromatic carbocycles. The number of nitrogens with one attached hydrogen (secondary N) is 2. The highest BCUT2D eigenvalue weighted by Crippen LogP contribution is 2.33. The molecule has 2 amide bonds. The number of rotatable bonds is 5. The zero-order chi connectivity index (χ0) is 17.6. The minimum absolute atomic E-state index is 0.0879. The standard InChI is InChI=1S/C15H18F3N3O2/c1-9(2)5-12(8-22)21-14(23)20-11-4-3-10(7-19)13(6-11)15(16,17)18/h3-4,6,9,12,22H,5,8H2,1-2H3,(H2,20,21,23). The summed E-state index contributed by atoms with van der Waals surface area (Å²) in [4.78, 5) is 11.8. The molecule has 0 aliphatic heterocycles. The average Bonchev–Trinajstić information content (AvgIpc) is 2.45. The summed E-state index contributed by atoms with van der Waals surface area (Å²) < 4.78 is 38.5. The molecule has 0 saturated heterocycles. The lowest BCUT2D eigenvalue weighted by Crippen LogP contribution is -2.41. The maximum absolute atomic E-state index is 12.8. The van der Waals surface area contributed by atoms with E-state index in [1.807, 2.05) is 13.8 Å². The fourth-order valence-electron chi connectivity index (χ4n) is 2.05. The molecule has 3 N–H and O–H groups in total. The van der Waals surface area contributed by atoms with E-state index in [0.717, 1.165) is 6.07 Å². The van der Waals surface area contributed by atoms with Crippen molar-refractivity contribution in [1.29, 1.82) is 5.26 Å². The van der Waals surface area contributed by atoms with Crippen LogP contribution in [0.2, 0.25) is 0 Å². The van der Waals surface area contributed by atoms with Crippen LogP contribution in [-0.4, -0.2) is 23.8 Å². The first-order chi connectivity index (χ1) is 10.7.